The Balaban J connectivity index is 4.42. The van der Waals surface area contributed by atoms with Crippen molar-refractivity contribution in [3.8, 4) is 0 Å². The van der Waals surface area contributed by atoms with Gasteiger partial charge in [0.1, 0.15) is 0 Å². The van der Waals surface area contributed by atoms with Crippen molar-refractivity contribution in [2.45, 2.75) is 71.0 Å². The molecule has 0 aliphatic heterocycles. The molecule has 0 amide bonds. The summed E-state index contributed by atoms with van der Waals surface area (Å²) in [5, 5.41) is 20.0. The van der Waals surface area contributed by atoms with Gasteiger partial charge in [0.05, 0.1) is 12.2 Å². The van der Waals surface area contributed by atoms with Crippen LogP contribution in [0.5, 0.6) is 0 Å². The molecule has 2 unspecified atom stereocenters. The lowest BCUT2D eigenvalue weighted by Crippen LogP contribution is -2.38. The molecule has 0 aliphatic carbocycles. The summed E-state index contributed by atoms with van der Waals surface area (Å²) in [6.45, 7) is 9.64. The van der Waals surface area contributed by atoms with Crippen molar-refractivity contribution in [3.05, 3.63) is 48.6 Å². The van der Waals surface area contributed by atoms with Gasteiger partial charge in [-0.2, -0.15) is 0 Å². The number of aliphatic hydroxyl groups is 2. The van der Waals surface area contributed by atoms with Crippen molar-refractivity contribution < 1.29 is 10.2 Å². The van der Waals surface area contributed by atoms with E-state index in [0.29, 0.717) is 26.2 Å². The lowest BCUT2D eigenvalue weighted by Gasteiger charge is -2.25. The zero-order valence-electron chi connectivity index (χ0n) is 21.3. The van der Waals surface area contributed by atoms with E-state index in [1.165, 1.54) is 0 Å². The Morgan fingerprint density at radius 3 is 1.36 bits per heavy atom. The Morgan fingerprint density at radius 2 is 1.00 bits per heavy atom. The highest BCUT2D eigenvalue weighted by atomic mass is 16.3. The van der Waals surface area contributed by atoms with Gasteiger partial charge in [0.25, 0.3) is 0 Å². The first-order valence-electron chi connectivity index (χ1n) is 12.9. The molecule has 0 saturated carbocycles. The number of unbranched alkanes of at least 4 members (excludes halogenated alkanes) is 2. The molecule has 0 spiro atoms. The minimum absolute atomic E-state index is 0.291. The normalized spacial score (nSPS) is 14.8. The van der Waals surface area contributed by atoms with Crippen molar-refractivity contribution in [3.63, 3.8) is 0 Å². The molecule has 0 fully saturated rings. The molecular formula is C27H52N4O2. The first-order valence-corrected chi connectivity index (χ1v) is 12.9. The monoisotopic (exact) mass is 464 g/mol. The summed E-state index contributed by atoms with van der Waals surface area (Å²) >= 11 is 0. The molecule has 6 nitrogen and oxygen atoms in total. The summed E-state index contributed by atoms with van der Waals surface area (Å²) in [6, 6.07) is 0. The standard InChI is InChI=1S/C27H52N4O2/c1-3-5-7-9-11-14-18-30(24-26(32)22-28)20-16-13-17-21-31(25-27(33)23-29)19-15-12-10-8-6-4-2/h5-8,11-12,14-15,26-27,32-33H,3-4,9-10,13,16-25,28-29H2,1-2H3/b7-5-,8-6-,14-11-,15-12-. The molecule has 6 heteroatoms. The van der Waals surface area contributed by atoms with Crippen molar-refractivity contribution in [2.24, 2.45) is 11.5 Å². The maximum Gasteiger partial charge on any atom is 0.0789 e. The van der Waals surface area contributed by atoms with Crippen LogP contribution in [-0.4, -0.2) is 84.6 Å². The number of nitrogens with zero attached hydrogens (tertiary/aromatic N) is 2. The predicted molar refractivity (Wildman–Crippen MR) is 143 cm³/mol. The minimum atomic E-state index is -0.481. The summed E-state index contributed by atoms with van der Waals surface area (Å²) in [4.78, 5) is 4.56. The summed E-state index contributed by atoms with van der Waals surface area (Å²) in [6.07, 6.45) is 23.8. The Kier molecular flexibility index (Phi) is 22.9. The van der Waals surface area contributed by atoms with Crippen molar-refractivity contribution >= 4 is 0 Å². The van der Waals surface area contributed by atoms with Crippen LogP contribution in [0.3, 0.4) is 0 Å². The van der Waals surface area contributed by atoms with Gasteiger partial charge in [-0.25, -0.2) is 0 Å². The van der Waals surface area contributed by atoms with Crippen molar-refractivity contribution in [1.29, 1.82) is 0 Å². The van der Waals surface area contributed by atoms with Crippen LogP contribution in [0.15, 0.2) is 48.6 Å². The summed E-state index contributed by atoms with van der Waals surface area (Å²) in [7, 11) is 0. The van der Waals surface area contributed by atoms with Crippen LogP contribution in [0.25, 0.3) is 0 Å². The molecule has 0 saturated heterocycles. The van der Waals surface area contributed by atoms with Crippen LogP contribution in [0.1, 0.15) is 58.8 Å². The molecule has 0 rings (SSSR count). The lowest BCUT2D eigenvalue weighted by atomic mass is 10.2. The molecule has 192 valence electrons. The van der Waals surface area contributed by atoms with E-state index < -0.39 is 12.2 Å². The van der Waals surface area contributed by atoms with E-state index in [-0.39, 0.29) is 0 Å². The zero-order valence-corrected chi connectivity index (χ0v) is 21.3. The molecule has 0 aromatic carbocycles. The predicted octanol–water partition coefficient (Wildman–Crippen LogP) is 3.22. The second-order valence-corrected chi connectivity index (χ2v) is 8.53. The highest BCUT2D eigenvalue weighted by Gasteiger charge is 2.11. The first kappa shape index (κ1) is 31.7. The van der Waals surface area contributed by atoms with Crippen LogP contribution in [-0.2, 0) is 0 Å². The minimum Gasteiger partial charge on any atom is -0.390 e. The maximum absolute atomic E-state index is 9.98. The Hall–Kier alpha value is -1.28. The molecular weight excluding hydrogens is 412 g/mol. The largest absolute Gasteiger partial charge is 0.390 e. The summed E-state index contributed by atoms with van der Waals surface area (Å²) < 4.78 is 0. The molecule has 33 heavy (non-hydrogen) atoms. The van der Waals surface area contributed by atoms with E-state index >= 15 is 0 Å². The van der Waals surface area contributed by atoms with Crippen molar-refractivity contribution in [2.75, 3.05) is 52.4 Å². The Labute approximate surface area is 203 Å². The molecule has 0 aromatic rings. The number of hydrogen-bond acceptors (Lipinski definition) is 6. The van der Waals surface area contributed by atoms with Gasteiger partial charge >= 0.3 is 0 Å². The third-order valence-corrected chi connectivity index (χ3v) is 5.34. The summed E-state index contributed by atoms with van der Waals surface area (Å²) in [5.74, 6) is 0. The van der Waals surface area contributed by atoms with Crippen LogP contribution in [0.4, 0.5) is 0 Å². The molecule has 0 heterocycles. The van der Waals surface area contributed by atoms with E-state index in [2.05, 4.69) is 72.3 Å². The molecule has 0 bridgehead atoms. The van der Waals surface area contributed by atoms with Gasteiger partial charge in [-0.3, -0.25) is 9.80 Å². The average Bonchev–Trinajstić information content (AvgIpc) is 2.82. The summed E-state index contributed by atoms with van der Waals surface area (Å²) in [5.41, 5.74) is 11.2. The third kappa shape index (κ3) is 21.0. The van der Waals surface area contributed by atoms with E-state index in [1.807, 2.05) is 0 Å². The van der Waals surface area contributed by atoms with Gasteiger partial charge < -0.3 is 21.7 Å². The lowest BCUT2D eigenvalue weighted by molar-refractivity contribution is 0.120. The number of allylic oxidation sites excluding steroid dienone is 6. The van der Waals surface area contributed by atoms with Crippen LogP contribution in [0.2, 0.25) is 0 Å². The van der Waals surface area contributed by atoms with Gasteiger partial charge in [-0.15, -0.1) is 0 Å². The second kappa shape index (κ2) is 23.9. The van der Waals surface area contributed by atoms with E-state index in [0.717, 1.165) is 71.1 Å². The van der Waals surface area contributed by atoms with E-state index in [4.69, 9.17) is 11.5 Å². The SMILES string of the molecule is CC/C=C\C/C=C\CN(CCCCCN(C/C=C\C/C=C\CC)CC(O)CN)CC(O)CN. The first-order chi connectivity index (χ1) is 16.1. The van der Waals surface area contributed by atoms with Gasteiger partial charge in [-0.05, 0) is 51.6 Å². The fourth-order valence-electron chi connectivity index (χ4n) is 3.43. The fourth-order valence-corrected chi connectivity index (χ4v) is 3.43. The van der Waals surface area contributed by atoms with Gasteiger partial charge in [-0.1, -0.05) is 68.9 Å². The molecule has 6 N–H and O–H groups in total. The number of hydrogen-bond donors (Lipinski definition) is 4. The number of nitrogens with two attached hydrogens (primary N) is 2. The highest BCUT2D eigenvalue weighted by Crippen LogP contribution is 2.04. The average molecular weight is 465 g/mol. The maximum atomic E-state index is 9.98. The topological polar surface area (TPSA) is 99.0 Å². The molecule has 0 aromatic heterocycles. The Morgan fingerprint density at radius 1 is 0.606 bits per heavy atom. The Bertz CT molecular complexity index is 488. The highest BCUT2D eigenvalue weighted by molar-refractivity contribution is 4.95. The van der Waals surface area contributed by atoms with E-state index in [1.54, 1.807) is 0 Å². The zero-order chi connectivity index (χ0) is 24.6. The number of rotatable bonds is 22. The van der Waals surface area contributed by atoms with Crippen LogP contribution >= 0.6 is 0 Å². The van der Waals surface area contributed by atoms with Crippen molar-refractivity contribution in [1.82, 2.24) is 9.80 Å². The second-order valence-electron chi connectivity index (χ2n) is 8.53. The van der Waals surface area contributed by atoms with Crippen LogP contribution in [0, 0.1) is 0 Å². The van der Waals surface area contributed by atoms with Gasteiger partial charge in [0, 0.05) is 39.3 Å². The van der Waals surface area contributed by atoms with Gasteiger partial charge in [0.15, 0.2) is 0 Å². The fraction of sp³-hybridized carbons (Fsp3) is 0.704. The quantitative estimate of drug-likeness (QED) is 0.145. The number of aliphatic hydroxyl groups excluding tert-OH is 2. The smallest absolute Gasteiger partial charge is 0.0789 e. The van der Waals surface area contributed by atoms with E-state index in [9.17, 15) is 10.2 Å². The van der Waals surface area contributed by atoms with Crippen LogP contribution < -0.4 is 11.5 Å². The molecule has 0 radical (unpaired) electrons. The third-order valence-electron chi connectivity index (χ3n) is 5.34. The molecule has 0 aliphatic rings. The van der Waals surface area contributed by atoms with Gasteiger partial charge in [0.2, 0.25) is 0 Å². The molecule has 2 atom stereocenters.